The second-order valence-electron chi connectivity index (χ2n) is 6.86. The average molecular weight is 412 g/mol. The highest BCUT2D eigenvalue weighted by molar-refractivity contribution is 6.08. The van der Waals surface area contributed by atoms with E-state index in [1.54, 1.807) is 36.4 Å². The number of hydrogen-bond donors (Lipinski definition) is 2. The molecule has 0 aliphatic carbocycles. The molecule has 2 N–H and O–H groups in total. The molecule has 0 unspecified atom stereocenters. The molecule has 0 bridgehead atoms. The molecule has 1 aliphatic heterocycles. The van der Waals surface area contributed by atoms with Crippen LogP contribution >= 0.6 is 0 Å². The van der Waals surface area contributed by atoms with Crippen molar-refractivity contribution in [3.8, 4) is 23.3 Å². The van der Waals surface area contributed by atoms with Gasteiger partial charge in [-0.05, 0) is 42.5 Å². The van der Waals surface area contributed by atoms with Gasteiger partial charge in [-0.1, -0.05) is 18.2 Å². The van der Waals surface area contributed by atoms with Crippen LogP contribution in [0.5, 0.6) is 17.2 Å². The number of fused-ring (bicyclic) bond motifs is 2. The standard InChI is InChI=1S/C23H16N4O4/c24-11-15-3-1-2-4-16(15)12-29-17-6-7-19-18(10-17)22(27-26-19)25-23(28)14-5-8-20-21(9-14)31-13-30-20/h1-10H,12-13H2,(H2,25,26,27,28). The van der Waals surface area contributed by atoms with Crippen molar-refractivity contribution in [3.05, 3.63) is 77.4 Å². The molecule has 8 nitrogen and oxygen atoms in total. The molecule has 8 heteroatoms. The molecule has 31 heavy (non-hydrogen) atoms. The van der Waals surface area contributed by atoms with Gasteiger partial charge in [0, 0.05) is 16.5 Å². The van der Waals surface area contributed by atoms with E-state index in [9.17, 15) is 10.1 Å². The maximum atomic E-state index is 12.7. The van der Waals surface area contributed by atoms with Gasteiger partial charge in [0.15, 0.2) is 17.3 Å². The zero-order chi connectivity index (χ0) is 21.2. The van der Waals surface area contributed by atoms with Gasteiger partial charge in [-0.3, -0.25) is 9.89 Å². The van der Waals surface area contributed by atoms with E-state index < -0.39 is 0 Å². The monoisotopic (exact) mass is 412 g/mol. The number of aromatic nitrogens is 2. The maximum Gasteiger partial charge on any atom is 0.257 e. The average Bonchev–Trinajstić information content (AvgIpc) is 3.44. The predicted octanol–water partition coefficient (Wildman–Crippen LogP) is 3.99. The Kier molecular flexibility index (Phi) is 4.61. The van der Waals surface area contributed by atoms with Crippen molar-refractivity contribution in [2.24, 2.45) is 0 Å². The van der Waals surface area contributed by atoms with Crippen LogP contribution in [0, 0.1) is 11.3 Å². The van der Waals surface area contributed by atoms with Crippen LogP contribution in [0.25, 0.3) is 10.9 Å². The van der Waals surface area contributed by atoms with E-state index in [4.69, 9.17) is 14.2 Å². The van der Waals surface area contributed by atoms with E-state index in [0.717, 1.165) is 11.1 Å². The summed E-state index contributed by atoms with van der Waals surface area (Å²) in [6.45, 7) is 0.401. The number of carbonyl (C=O) groups is 1. The summed E-state index contributed by atoms with van der Waals surface area (Å²) in [5, 5.41) is 19.9. The molecule has 0 saturated heterocycles. The van der Waals surface area contributed by atoms with E-state index >= 15 is 0 Å². The first-order valence-electron chi connectivity index (χ1n) is 9.51. The number of H-pyrrole nitrogens is 1. The lowest BCUT2D eigenvalue weighted by Crippen LogP contribution is -2.12. The van der Waals surface area contributed by atoms with Crippen molar-refractivity contribution in [1.82, 2.24) is 10.2 Å². The van der Waals surface area contributed by atoms with Crippen LogP contribution in [0.4, 0.5) is 5.82 Å². The predicted molar refractivity (Wildman–Crippen MR) is 112 cm³/mol. The number of ether oxygens (including phenoxy) is 3. The first-order valence-corrected chi connectivity index (χ1v) is 9.51. The first kappa shape index (κ1) is 18.5. The van der Waals surface area contributed by atoms with Crippen molar-refractivity contribution < 1.29 is 19.0 Å². The molecule has 0 radical (unpaired) electrons. The number of nitriles is 1. The van der Waals surface area contributed by atoms with E-state index in [0.29, 0.717) is 39.6 Å². The SMILES string of the molecule is N#Cc1ccccc1COc1ccc2[nH]nc(NC(=O)c3ccc4c(c3)OCO4)c2c1. The molecule has 2 heterocycles. The summed E-state index contributed by atoms with van der Waals surface area (Å²) >= 11 is 0. The quantitative estimate of drug-likeness (QED) is 0.513. The number of nitrogens with zero attached hydrogens (tertiary/aromatic N) is 2. The first-order chi connectivity index (χ1) is 15.2. The third-order valence-corrected chi connectivity index (χ3v) is 4.93. The fourth-order valence-corrected chi connectivity index (χ4v) is 3.31. The molecule has 0 saturated carbocycles. The highest BCUT2D eigenvalue weighted by Gasteiger charge is 2.18. The van der Waals surface area contributed by atoms with Gasteiger partial charge < -0.3 is 19.5 Å². The molecular weight excluding hydrogens is 396 g/mol. The summed E-state index contributed by atoms with van der Waals surface area (Å²) in [4.78, 5) is 12.7. The van der Waals surface area contributed by atoms with Gasteiger partial charge in [-0.25, -0.2) is 0 Å². The molecule has 5 rings (SSSR count). The number of hydrogen-bond acceptors (Lipinski definition) is 6. The van der Waals surface area contributed by atoms with Crippen molar-refractivity contribution in [2.75, 3.05) is 12.1 Å². The lowest BCUT2D eigenvalue weighted by Gasteiger charge is -2.08. The van der Waals surface area contributed by atoms with Crippen LogP contribution in [0.2, 0.25) is 0 Å². The van der Waals surface area contributed by atoms with E-state index in [1.165, 1.54) is 0 Å². The Morgan fingerprint density at radius 1 is 1.13 bits per heavy atom. The van der Waals surface area contributed by atoms with Gasteiger partial charge in [-0.2, -0.15) is 10.4 Å². The Balaban J connectivity index is 1.35. The van der Waals surface area contributed by atoms with Gasteiger partial charge >= 0.3 is 0 Å². The molecular formula is C23H16N4O4. The Hall–Kier alpha value is -4.51. The summed E-state index contributed by atoms with van der Waals surface area (Å²) in [6.07, 6.45) is 0. The summed E-state index contributed by atoms with van der Waals surface area (Å²) in [5.74, 6) is 1.82. The minimum absolute atomic E-state index is 0.145. The fourth-order valence-electron chi connectivity index (χ4n) is 3.31. The molecule has 4 aromatic rings. The molecule has 3 aromatic carbocycles. The zero-order valence-corrected chi connectivity index (χ0v) is 16.2. The van der Waals surface area contributed by atoms with Crippen LogP contribution in [-0.4, -0.2) is 22.9 Å². The van der Waals surface area contributed by atoms with Crippen LogP contribution in [0.1, 0.15) is 21.5 Å². The summed E-state index contributed by atoms with van der Waals surface area (Å²) in [7, 11) is 0. The van der Waals surface area contributed by atoms with Crippen molar-refractivity contribution in [1.29, 1.82) is 5.26 Å². The minimum atomic E-state index is -0.319. The summed E-state index contributed by atoms with van der Waals surface area (Å²) in [6, 6.07) is 19.9. The number of benzene rings is 3. The number of carbonyl (C=O) groups excluding carboxylic acids is 1. The van der Waals surface area contributed by atoms with Gasteiger partial charge in [0.05, 0.1) is 17.1 Å². The Morgan fingerprint density at radius 3 is 2.90 bits per heavy atom. The van der Waals surface area contributed by atoms with Crippen molar-refractivity contribution >= 4 is 22.6 Å². The van der Waals surface area contributed by atoms with E-state index in [2.05, 4.69) is 21.6 Å². The van der Waals surface area contributed by atoms with E-state index in [1.807, 2.05) is 24.3 Å². The lowest BCUT2D eigenvalue weighted by molar-refractivity contribution is 0.102. The number of aromatic amines is 1. The lowest BCUT2D eigenvalue weighted by atomic mass is 10.1. The molecule has 0 spiro atoms. The second-order valence-corrected chi connectivity index (χ2v) is 6.86. The third kappa shape index (κ3) is 3.60. The molecule has 1 aromatic heterocycles. The zero-order valence-electron chi connectivity index (χ0n) is 16.2. The molecule has 0 fully saturated rings. The van der Waals surface area contributed by atoms with E-state index in [-0.39, 0.29) is 19.3 Å². The molecule has 152 valence electrons. The Morgan fingerprint density at radius 2 is 2.00 bits per heavy atom. The normalized spacial score (nSPS) is 11.8. The third-order valence-electron chi connectivity index (χ3n) is 4.93. The number of amides is 1. The van der Waals surface area contributed by atoms with Gasteiger partial charge in [-0.15, -0.1) is 0 Å². The summed E-state index contributed by atoms with van der Waals surface area (Å²) in [5.41, 5.74) is 2.56. The fraction of sp³-hybridized carbons (Fsp3) is 0.0870. The van der Waals surface area contributed by atoms with Crippen LogP contribution in [0.15, 0.2) is 60.7 Å². The van der Waals surface area contributed by atoms with Crippen molar-refractivity contribution in [3.63, 3.8) is 0 Å². The number of rotatable bonds is 5. The molecule has 1 amide bonds. The van der Waals surface area contributed by atoms with Gasteiger partial charge in [0.2, 0.25) is 6.79 Å². The van der Waals surface area contributed by atoms with Crippen LogP contribution < -0.4 is 19.5 Å². The van der Waals surface area contributed by atoms with Crippen molar-refractivity contribution in [2.45, 2.75) is 6.61 Å². The maximum absolute atomic E-state index is 12.7. The molecule has 1 aliphatic rings. The highest BCUT2D eigenvalue weighted by Crippen LogP contribution is 2.33. The van der Waals surface area contributed by atoms with Crippen LogP contribution in [-0.2, 0) is 6.61 Å². The highest BCUT2D eigenvalue weighted by atomic mass is 16.7. The van der Waals surface area contributed by atoms with Crippen LogP contribution in [0.3, 0.4) is 0 Å². The molecule has 0 atom stereocenters. The second kappa shape index (κ2) is 7.72. The Bertz CT molecular complexity index is 1340. The minimum Gasteiger partial charge on any atom is -0.489 e. The number of nitrogens with one attached hydrogen (secondary N) is 2. The smallest absolute Gasteiger partial charge is 0.257 e. The largest absolute Gasteiger partial charge is 0.489 e. The Labute approximate surface area is 177 Å². The summed E-state index contributed by atoms with van der Waals surface area (Å²) < 4.78 is 16.5. The topological polar surface area (TPSA) is 109 Å². The van der Waals surface area contributed by atoms with Gasteiger partial charge in [0.1, 0.15) is 12.4 Å². The number of anilines is 1. The van der Waals surface area contributed by atoms with Gasteiger partial charge in [0.25, 0.3) is 5.91 Å².